The predicted molar refractivity (Wildman–Crippen MR) is 110 cm³/mol. The highest BCUT2D eigenvalue weighted by molar-refractivity contribution is 6.33. The first-order valence-corrected chi connectivity index (χ1v) is 10.2. The van der Waals surface area contributed by atoms with Crippen LogP contribution in [-0.4, -0.2) is 45.5 Å². The van der Waals surface area contributed by atoms with Crippen molar-refractivity contribution < 1.29 is 4.74 Å². The van der Waals surface area contributed by atoms with E-state index in [0.29, 0.717) is 39.0 Å². The van der Waals surface area contributed by atoms with Gasteiger partial charge in [-0.15, -0.1) is 0 Å². The number of aromatic nitrogens is 4. The van der Waals surface area contributed by atoms with Crippen LogP contribution in [0.15, 0.2) is 30.6 Å². The molecule has 2 aliphatic heterocycles. The molecule has 2 aromatic heterocycles. The highest BCUT2D eigenvalue weighted by Gasteiger charge is 2.41. The molecular formula is C21H21ClN6O. The number of halogens is 1. The molecule has 7 nitrogen and oxygen atoms in total. The molecule has 0 N–H and O–H groups in total. The Morgan fingerprint density at radius 2 is 2.10 bits per heavy atom. The van der Waals surface area contributed by atoms with Crippen molar-refractivity contribution in [1.82, 2.24) is 19.7 Å². The summed E-state index contributed by atoms with van der Waals surface area (Å²) in [7, 11) is 0. The minimum atomic E-state index is 0.334. The number of ether oxygens (including phenoxy) is 1. The second kappa shape index (κ2) is 6.97. The van der Waals surface area contributed by atoms with Gasteiger partial charge in [0.25, 0.3) is 0 Å². The van der Waals surface area contributed by atoms with Gasteiger partial charge in [-0.3, -0.25) is 0 Å². The molecule has 8 heteroatoms. The Kier molecular flexibility index (Phi) is 4.41. The zero-order chi connectivity index (χ0) is 20.0. The first kappa shape index (κ1) is 18.3. The van der Waals surface area contributed by atoms with Crippen LogP contribution in [-0.2, 0) is 4.74 Å². The van der Waals surface area contributed by atoms with E-state index >= 15 is 0 Å². The Balaban J connectivity index is 1.41. The maximum absolute atomic E-state index is 9.22. The third kappa shape index (κ3) is 3.13. The second-order valence-electron chi connectivity index (χ2n) is 8.06. The van der Waals surface area contributed by atoms with Crippen molar-refractivity contribution in [2.75, 3.05) is 24.6 Å². The lowest BCUT2D eigenvalue weighted by Crippen LogP contribution is -2.41. The van der Waals surface area contributed by atoms with Crippen LogP contribution in [0.25, 0.3) is 16.9 Å². The summed E-state index contributed by atoms with van der Waals surface area (Å²) in [6.07, 6.45) is 7.25. The Hall–Kier alpha value is -2.69. The fourth-order valence-electron chi connectivity index (χ4n) is 4.51. The van der Waals surface area contributed by atoms with Gasteiger partial charge in [0.1, 0.15) is 17.4 Å². The van der Waals surface area contributed by atoms with Crippen molar-refractivity contribution >= 4 is 28.6 Å². The number of nitriles is 1. The van der Waals surface area contributed by atoms with Crippen LogP contribution in [0, 0.1) is 16.7 Å². The van der Waals surface area contributed by atoms with E-state index in [0.717, 1.165) is 44.8 Å². The molecule has 3 aromatic rings. The summed E-state index contributed by atoms with van der Waals surface area (Å²) in [6, 6.07) is 7.38. The van der Waals surface area contributed by atoms with Crippen LogP contribution in [0.5, 0.6) is 0 Å². The largest absolute Gasteiger partial charge is 0.378 e. The smallest absolute Gasteiger partial charge is 0.181 e. The average Bonchev–Trinajstić information content (AvgIpc) is 3.32. The lowest BCUT2D eigenvalue weighted by atomic mass is 9.77. The van der Waals surface area contributed by atoms with Gasteiger partial charge in [0.15, 0.2) is 5.65 Å². The maximum atomic E-state index is 9.22. The molecule has 29 heavy (non-hydrogen) atoms. The zero-order valence-electron chi connectivity index (χ0n) is 16.2. The van der Waals surface area contributed by atoms with Gasteiger partial charge in [0.2, 0.25) is 0 Å². The molecule has 148 valence electrons. The molecule has 0 unspecified atom stereocenters. The maximum Gasteiger partial charge on any atom is 0.181 e. The monoisotopic (exact) mass is 408 g/mol. The summed E-state index contributed by atoms with van der Waals surface area (Å²) in [5.41, 5.74) is 2.69. The summed E-state index contributed by atoms with van der Waals surface area (Å²) in [5, 5.41) is 14.0. The molecule has 1 atom stereocenters. The Morgan fingerprint density at radius 3 is 2.83 bits per heavy atom. The van der Waals surface area contributed by atoms with Crippen LogP contribution in [0.2, 0.25) is 5.02 Å². The van der Waals surface area contributed by atoms with Crippen LogP contribution in [0.3, 0.4) is 0 Å². The topological polar surface area (TPSA) is 79.9 Å². The van der Waals surface area contributed by atoms with Gasteiger partial charge < -0.3 is 9.64 Å². The molecule has 4 heterocycles. The fraction of sp³-hybridized carbons (Fsp3) is 0.429. The highest BCUT2D eigenvalue weighted by atomic mass is 35.5. The summed E-state index contributed by atoms with van der Waals surface area (Å²) in [5.74, 6) is 0.871. The average molecular weight is 409 g/mol. The van der Waals surface area contributed by atoms with Crippen LogP contribution in [0.4, 0.5) is 5.82 Å². The summed E-state index contributed by atoms with van der Waals surface area (Å²) < 4.78 is 7.46. The molecule has 0 radical (unpaired) electrons. The Morgan fingerprint density at radius 1 is 1.28 bits per heavy atom. The number of anilines is 1. The molecule has 0 bridgehead atoms. The van der Waals surface area contributed by atoms with Crippen LogP contribution in [0.1, 0.15) is 31.7 Å². The van der Waals surface area contributed by atoms with Crippen LogP contribution >= 0.6 is 11.6 Å². The predicted octanol–water partition coefficient (Wildman–Crippen LogP) is 3.74. The van der Waals surface area contributed by atoms with Gasteiger partial charge in [-0.1, -0.05) is 17.7 Å². The lowest BCUT2D eigenvalue weighted by Gasteiger charge is -2.38. The normalized spacial score (nSPS) is 21.0. The molecule has 1 spiro atoms. The third-order valence-corrected chi connectivity index (χ3v) is 6.53. The van der Waals surface area contributed by atoms with E-state index in [1.807, 2.05) is 6.07 Å². The zero-order valence-corrected chi connectivity index (χ0v) is 16.9. The molecule has 0 amide bonds. The molecule has 0 saturated carbocycles. The number of rotatable bonds is 2. The van der Waals surface area contributed by atoms with E-state index in [1.54, 1.807) is 29.2 Å². The van der Waals surface area contributed by atoms with Gasteiger partial charge in [-0.25, -0.2) is 14.6 Å². The highest BCUT2D eigenvalue weighted by Crippen LogP contribution is 2.42. The van der Waals surface area contributed by atoms with Crippen molar-refractivity contribution in [1.29, 1.82) is 5.26 Å². The Labute approximate surface area is 173 Å². The molecule has 2 saturated heterocycles. The van der Waals surface area contributed by atoms with E-state index in [-0.39, 0.29) is 0 Å². The van der Waals surface area contributed by atoms with E-state index in [1.165, 1.54) is 0 Å². The lowest BCUT2D eigenvalue weighted by molar-refractivity contribution is 0.0976. The van der Waals surface area contributed by atoms with Crippen molar-refractivity contribution in [3.8, 4) is 11.8 Å². The number of nitrogens with zero attached hydrogens (tertiary/aromatic N) is 6. The van der Waals surface area contributed by atoms with Gasteiger partial charge in [0, 0.05) is 13.1 Å². The molecule has 2 fully saturated rings. The van der Waals surface area contributed by atoms with E-state index in [2.05, 4.69) is 28.0 Å². The summed E-state index contributed by atoms with van der Waals surface area (Å²) >= 11 is 6.37. The minimum Gasteiger partial charge on any atom is -0.378 e. The first-order chi connectivity index (χ1) is 14.1. The minimum absolute atomic E-state index is 0.334. The van der Waals surface area contributed by atoms with E-state index in [4.69, 9.17) is 21.3 Å². The van der Waals surface area contributed by atoms with E-state index < -0.39 is 0 Å². The number of fused-ring (bicyclic) bond motifs is 1. The number of benzene rings is 1. The summed E-state index contributed by atoms with van der Waals surface area (Å²) in [4.78, 5) is 11.7. The molecule has 1 aromatic carbocycles. The molecule has 2 aliphatic rings. The number of hydrogen-bond donors (Lipinski definition) is 0. The van der Waals surface area contributed by atoms with Crippen molar-refractivity contribution in [3.63, 3.8) is 0 Å². The third-order valence-electron chi connectivity index (χ3n) is 6.13. The SMILES string of the molecule is C[C@H]1CC2(CCN(c3cnc4c(cnn4-c4cccc(C#N)c4Cl)n3)CC2)CO1. The quantitative estimate of drug-likeness (QED) is 0.642. The molecule has 0 aliphatic carbocycles. The standard InChI is InChI=1S/C21H21ClN6O/c1-14-9-21(13-29-14)5-7-27(8-6-21)18-12-24-20-16(26-18)11-25-28(20)17-4-2-3-15(10-23)19(17)22/h2-4,11-12,14H,5-9,13H2,1H3/t14-/m0/s1. The molecule has 5 rings (SSSR count). The van der Waals surface area contributed by atoms with Crippen molar-refractivity contribution in [2.24, 2.45) is 5.41 Å². The van der Waals surface area contributed by atoms with Crippen molar-refractivity contribution in [3.05, 3.63) is 41.2 Å². The second-order valence-corrected chi connectivity index (χ2v) is 8.43. The van der Waals surface area contributed by atoms with Crippen LogP contribution < -0.4 is 4.90 Å². The van der Waals surface area contributed by atoms with Gasteiger partial charge >= 0.3 is 0 Å². The van der Waals surface area contributed by atoms with E-state index in [9.17, 15) is 5.26 Å². The number of hydrogen-bond acceptors (Lipinski definition) is 6. The van der Waals surface area contributed by atoms with Gasteiger partial charge in [0.05, 0.1) is 41.4 Å². The van der Waals surface area contributed by atoms with Gasteiger partial charge in [-0.2, -0.15) is 10.4 Å². The molecular weight excluding hydrogens is 388 g/mol. The fourth-order valence-corrected chi connectivity index (χ4v) is 4.76. The van der Waals surface area contributed by atoms with Gasteiger partial charge in [-0.05, 0) is 43.7 Å². The Bertz CT molecular complexity index is 1110. The summed E-state index contributed by atoms with van der Waals surface area (Å²) in [6.45, 7) is 4.96. The first-order valence-electron chi connectivity index (χ1n) is 9.85. The van der Waals surface area contributed by atoms with Crippen molar-refractivity contribution in [2.45, 2.75) is 32.3 Å². The number of piperidine rings is 1.